The molecule has 0 fully saturated rings. The van der Waals surface area contributed by atoms with Crippen molar-refractivity contribution >= 4 is 17.4 Å². The minimum Gasteiger partial charge on any atom is -0.363 e. The molecule has 0 radical (unpaired) electrons. The zero-order valence-electron chi connectivity index (χ0n) is 17.9. The molecule has 6 nitrogen and oxygen atoms in total. The number of hydrogen-bond acceptors (Lipinski definition) is 4. The normalized spacial score (nSPS) is 17.5. The SMILES string of the molecule is Cc1ccc([C@@H]2C[C@@H](C(F)(F)F)n3ncc(C(=O)Nc4cccc(CCC#N)c4)c3N2)cc1. The lowest BCUT2D eigenvalue weighted by Gasteiger charge is -2.34. The van der Waals surface area contributed by atoms with Crippen LogP contribution in [0.5, 0.6) is 0 Å². The van der Waals surface area contributed by atoms with Crippen molar-refractivity contribution in [3.05, 3.63) is 77.0 Å². The fourth-order valence-electron chi connectivity index (χ4n) is 3.95. The topological polar surface area (TPSA) is 82.7 Å². The van der Waals surface area contributed by atoms with Gasteiger partial charge in [0.25, 0.3) is 5.91 Å². The third-order valence-corrected chi connectivity index (χ3v) is 5.67. The van der Waals surface area contributed by atoms with E-state index in [1.165, 1.54) is 0 Å². The molecule has 3 aromatic rings. The quantitative estimate of drug-likeness (QED) is 0.530. The van der Waals surface area contributed by atoms with Crippen LogP contribution in [0.15, 0.2) is 54.7 Å². The maximum Gasteiger partial charge on any atom is 0.410 e. The van der Waals surface area contributed by atoms with Gasteiger partial charge in [-0.05, 0) is 36.6 Å². The number of rotatable bonds is 5. The summed E-state index contributed by atoms with van der Waals surface area (Å²) in [5, 5.41) is 18.5. The van der Waals surface area contributed by atoms with Crippen molar-refractivity contribution in [2.45, 2.75) is 44.4 Å². The van der Waals surface area contributed by atoms with Crippen molar-refractivity contribution in [3.8, 4) is 6.07 Å². The van der Waals surface area contributed by atoms with Gasteiger partial charge in [-0.15, -0.1) is 0 Å². The van der Waals surface area contributed by atoms with Crippen molar-refractivity contribution < 1.29 is 18.0 Å². The number of aryl methyl sites for hydroxylation is 2. The summed E-state index contributed by atoms with van der Waals surface area (Å²) >= 11 is 0. The minimum atomic E-state index is -4.52. The molecule has 1 aromatic heterocycles. The van der Waals surface area contributed by atoms with Crippen LogP contribution in [0.1, 0.15) is 52.0 Å². The highest BCUT2D eigenvalue weighted by atomic mass is 19.4. The summed E-state index contributed by atoms with van der Waals surface area (Å²) in [6.07, 6.45) is -2.71. The second-order valence-corrected chi connectivity index (χ2v) is 8.06. The zero-order valence-corrected chi connectivity index (χ0v) is 17.9. The van der Waals surface area contributed by atoms with Gasteiger partial charge in [0.2, 0.25) is 0 Å². The van der Waals surface area contributed by atoms with Crippen LogP contribution in [0, 0.1) is 18.3 Å². The Labute approximate surface area is 189 Å². The van der Waals surface area contributed by atoms with E-state index in [-0.39, 0.29) is 17.8 Å². The number of fused-ring (bicyclic) bond motifs is 1. The van der Waals surface area contributed by atoms with Gasteiger partial charge in [-0.1, -0.05) is 42.0 Å². The second kappa shape index (κ2) is 8.98. The van der Waals surface area contributed by atoms with Gasteiger partial charge in [-0.3, -0.25) is 4.79 Å². The maximum atomic E-state index is 13.9. The zero-order chi connectivity index (χ0) is 23.6. The summed E-state index contributed by atoms with van der Waals surface area (Å²) in [6.45, 7) is 1.91. The molecule has 4 rings (SSSR count). The number of nitriles is 1. The summed E-state index contributed by atoms with van der Waals surface area (Å²) in [7, 11) is 0. The number of carbonyl (C=O) groups is 1. The van der Waals surface area contributed by atoms with Gasteiger partial charge in [0.15, 0.2) is 6.04 Å². The van der Waals surface area contributed by atoms with Crippen molar-refractivity contribution in [2.75, 3.05) is 10.6 Å². The number of nitrogens with zero attached hydrogens (tertiary/aromatic N) is 3. The molecule has 33 heavy (non-hydrogen) atoms. The van der Waals surface area contributed by atoms with Gasteiger partial charge in [-0.25, -0.2) is 4.68 Å². The number of amides is 1. The van der Waals surface area contributed by atoms with Crippen LogP contribution in [0.2, 0.25) is 0 Å². The molecule has 0 saturated heterocycles. The Kier molecular flexibility index (Phi) is 6.09. The Morgan fingerprint density at radius 1 is 1.27 bits per heavy atom. The van der Waals surface area contributed by atoms with E-state index in [9.17, 15) is 18.0 Å². The summed E-state index contributed by atoms with van der Waals surface area (Å²) < 4.78 is 42.4. The molecule has 2 atom stereocenters. The molecule has 2 heterocycles. The van der Waals surface area contributed by atoms with E-state index in [0.29, 0.717) is 24.1 Å². The fraction of sp³-hybridized carbons (Fsp3) is 0.292. The van der Waals surface area contributed by atoms with Crippen LogP contribution in [0.25, 0.3) is 0 Å². The maximum absolute atomic E-state index is 13.9. The number of benzene rings is 2. The molecule has 2 aromatic carbocycles. The summed E-state index contributed by atoms with van der Waals surface area (Å²) in [6, 6.07) is 13.9. The lowest BCUT2D eigenvalue weighted by atomic mass is 9.96. The summed E-state index contributed by atoms with van der Waals surface area (Å²) in [5.41, 5.74) is 3.11. The summed E-state index contributed by atoms with van der Waals surface area (Å²) in [5.74, 6) is -0.529. The molecule has 0 unspecified atom stereocenters. The van der Waals surface area contributed by atoms with Crippen LogP contribution in [0.4, 0.5) is 24.7 Å². The highest BCUT2D eigenvalue weighted by Crippen LogP contribution is 2.44. The number of nitrogens with one attached hydrogen (secondary N) is 2. The Balaban J connectivity index is 1.63. The molecule has 170 valence electrons. The second-order valence-electron chi connectivity index (χ2n) is 8.06. The molecule has 2 N–H and O–H groups in total. The van der Waals surface area contributed by atoms with Crippen LogP contribution in [-0.4, -0.2) is 21.9 Å². The van der Waals surface area contributed by atoms with Crippen molar-refractivity contribution in [2.24, 2.45) is 0 Å². The predicted octanol–water partition coefficient (Wildman–Crippen LogP) is 5.56. The lowest BCUT2D eigenvalue weighted by molar-refractivity contribution is -0.173. The number of halogens is 3. The number of alkyl halides is 3. The molecule has 0 spiro atoms. The van der Waals surface area contributed by atoms with Gasteiger partial charge in [0, 0.05) is 18.5 Å². The predicted molar refractivity (Wildman–Crippen MR) is 118 cm³/mol. The Bertz CT molecular complexity index is 1190. The molecule has 1 aliphatic heterocycles. The van der Waals surface area contributed by atoms with Crippen LogP contribution in [-0.2, 0) is 6.42 Å². The van der Waals surface area contributed by atoms with Gasteiger partial charge < -0.3 is 10.6 Å². The van der Waals surface area contributed by atoms with Gasteiger partial charge in [0.05, 0.1) is 18.3 Å². The van der Waals surface area contributed by atoms with Gasteiger partial charge >= 0.3 is 6.18 Å². The molecular weight excluding hydrogens is 431 g/mol. The number of hydrogen-bond donors (Lipinski definition) is 2. The Morgan fingerprint density at radius 3 is 2.73 bits per heavy atom. The first-order valence-corrected chi connectivity index (χ1v) is 10.5. The molecule has 1 amide bonds. The average molecular weight is 453 g/mol. The van der Waals surface area contributed by atoms with E-state index in [1.54, 1.807) is 30.3 Å². The molecule has 9 heteroatoms. The first-order chi connectivity index (χ1) is 15.8. The Hall–Kier alpha value is -3.80. The Morgan fingerprint density at radius 2 is 2.03 bits per heavy atom. The van der Waals surface area contributed by atoms with E-state index in [1.807, 2.05) is 25.1 Å². The standard InChI is InChI=1S/C24H22F3N5O/c1-15-7-9-17(10-8-15)20-13-21(24(25,26)27)32-22(31-20)19(14-29-32)23(33)30-18-6-2-4-16(12-18)5-3-11-28/h2,4,6-10,12,14,20-21,31H,3,5,13H2,1H3,(H,30,33)/t20-,21-/m0/s1. The van der Waals surface area contributed by atoms with Crippen LogP contribution in [0.3, 0.4) is 0 Å². The molecule has 0 aliphatic carbocycles. The molecule has 0 saturated carbocycles. The molecular formula is C24H22F3N5O. The third kappa shape index (κ3) is 4.85. The number of anilines is 2. The summed E-state index contributed by atoms with van der Waals surface area (Å²) in [4.78, 5) is 13.0. The largest absolute Gasteiger partial charge is 0.410 e. The monoisotopic (exact) mass is 453 g/mol. The van der Waals surface area contributed by atoms with E-state index >= 15 is 0 Å². The van der Waals surface area contributed by atoms with E-state index in [4.69, 9.17) is 5.26 Å². The smallest absolute Gasteiger partial charge is 0.363 e. The van der Waals surface area contributed by atoms with Gasteiger partial charge in [0.1, 0.15) is 11.4 Å². The van der Waals surface area contributed by atoms with Crippen LogP contribution < -0.4 is 10.6 Å². The first-order valence-electron chi connectivity index (χ1n) is 10.5. The lowest BCUT2D eigenvalue weighted by Crippen LogP contribution is -2.36. The fourth-order valence-corrected chi connectivity index (χ4v) is 3.95. The average Bonchev–Trinajstić information content (AvgIpc) is 3.21. The van der Waals surface area contributed by atoms with E-state index < -0.39 is 24.2 Å². The third-order valence-electron chi connectivity index (χ3n) is 5.67. The highest BCUT2D eigenvalue weighted by Gasteiger charge is 2.47. The highest BCUT2D eigenvalue weighted by molar-refractivity contribution is 6.07. The minimum absolute atomic E-state index is 0.0310. The first kappa shape index (κ1) is 22.4. The van der Waals surface area contributed by atoms with E-state index in [0.717, 1.165) is 22.0 Å². The van der Waals surface area contributed by atoms with Crippen molar-refractivity contribution in [3.63, 3.8) is 0 Å². The number of aromatic nitrogens is 2. The van der Waals surface area contributed by atoms with E-state index in [2.05, 4.69) is 21.8 Å². The van der Waals surface area contributed by atoms with Crippen LogP contribution >= 0.6 is 0 Å². The van der Waals surface area contributed by atoms with Crippen molar-refractivity contribution in [1.29, 1.82) is 5.26 Å². The van der Waals surface area contributed by atoms with Gasteiger partial charge in [-0.2, -0.15) is 23.5 Å². The molecule has 1 aliphatic rings. The number of carbonyl (C=O) groups excluding carboxylic acids is 1. The molecule has 0 bridgehead atoms. The van der Waals surface area contributed by atoms with Crippen molar-refractivity contribution in [1.82, 2.24) is 9.78 Å².